The molecule has 6 atom stereocenters. The van der Waals surface area contributed by atoms with Gasteiger partial charge in [0, 0.05) is 46.1 Å². The molecule has 0 radical (unpaired) electrons. The molecule has 72 heavy (non-hydrogen) atoms. The predicted octanol–water partition coefficient (Wildman–Crippen LogP) is 6.69. The van der Waals surface area contributed by atoms with E-state index >= 15 is 19.2 Å². The van der Waals surface area contributed by atoms with Crippen molar-refractivity contribution >= 4 is 11.4 Å². The Bertz CT molecular complexity index is 3230. The summed E-state index contributed by atoms with van der Waals surface area (Å²) in [6.07, 6.45) is 13.4. The molecule has 2 aromatic heterocycles. The van der Waals surface area contributed by atoms with Crippen LogP contribution in [0.3, 0.4) is 0 Å². The lowest BCUT2D eigenvalue weighted by atomic mass is 9.63. The van der Waals surface area contributed by atoms with E-state index < -0.39 is 84.8 Å². The van der Waals surface area contributed by atoms with E-state index in [-0.39, 0.29) is 61.9 Å². The molecule has 20 nitrogen and oxygen atoms in total. The van der Waals surface area contributed by atoms with Gasteiger partial charge in [-0.25, -0.2) is 56.2 Å². The summed E-state index contributed by atoms with van der Waals surface area (Å²) in [7, 11) is 0. The van der Waals surface area contributed by atoms with Crippen LogP contribution >= 0.6 is 0 Å². The van der Waals surface area contributed by atoms with Gasteiger partial charge in [-0.1, -0.05) is 74.5 Å². The van der Waals surface area contributed by atoms with Crippen molar-refractivity contribution < 1.29 is 18.9 Å². The van der Waals surface area contributed by atoms with E-state index in [1.165, 1.54) is 43.3 Å². The number of allylic oxidation sites excluding steroid dienone is 4. The molecule has 1 aromatic carbocycles. The third-order valence-corrected chi connectivity index (χ3v) is 15.7. The van der Waals surface area contributed by atoms with E-state index in [0.29, 0.717) is 38.5 Å². The van der Waals surface area contributed by atoms with Crippen molar-refractivity contribution in [1.29, 1.82) is 21.0 Å². The highest BCUT2D eigenvalue weighted by atomic mass is 16.5. The minimum Gasteiger partial charge on any atom is -0.427 e. The second kappa shape index (κ2) is 20.1. The van der Waals surface area contributed by atoms with Crippen LogP contribution in [0.2, 0.25) is 0 Å². The summed E-state index contributed by atoms with van der Waals surface area (Å²) >= 11 is 0. The Morgan fingerprint density at radius 2 is 1.11 bits per heavy atom. The molecule has 0 spiro atoms. The molecule has 3 aliphatic rings. The minimum absolute atomic E-state index is 0.0115. The molecule has 20 heteroatoms. The van der Waals surface area contributed by atoms with Crippen molar-refractivity contribution in [2.45, 2.75) is 152 Å². The monoisotopic (exact) mass is 990 g/mol. The van der Waals surface area contributed by atoms with E-state index in [2.05, 4.69) is 0 Å². The number of benzene rings is 1. The van der Waals surface area contributed by atoms with Crippen LogP contribution in [-0.4, -0.2) is 47.2 Å². The van der Waals surface area contributed by atoms with E-state index in [1.807, 2.05) is 62.3 Å². The Kier molecular flexibility index (Phi) is 15.1. The number of ether oxygens (including phenoxy) is 4. The molecular formula is C52H66N10O10. The Labute approximate surface area is 417 Å². The Hall–Kier alpha value is -7.32. The molecule has 2 heterocycles. The summed E-state index contributed by atoms with van der Waals surface area (Å²) in [6, 6.07) is 3.22. The Morgan fingerprint density at radius 1 is 0.611 bits per heavy atom. The number of nitriles is 4. The van der Waals surface area contributed by atoms with Crippen LogP contribution in [0.1, 0.15) is 152 Å². The minimum atomic E-state index is -1.11. The molecular weight excluding hydrogens is 925 g/mol. The summed E-state index contributed by atoms with van der Waals surface area (Å²) in [5.74, 6) is 0.0115. The average molecular weight is 991 g/mol. The van der Waals surface area contributed by atoms with E-state index in [4.69, 9.17) is 18.9 Å². The first-order valence-electron chi connectivity index (χ1n) is 24.2. The van der Waals surface area contributed by atoms with Gasteiger partial charge >= 0.3 is 34.1 Å². The van der Waals surface area contributed by atoms with Crippen molar-refractivity contribution in [1.82, 2.24) is 27.4 Å². The number of rotatable bonds is 14. The predicted molar refractivity (Wildman–Crippen MR) is 265 cm³/mol. The van der Waals surface area contributed by atoms with Crippen LogP contribution in [-0.2, 0) is 14.2 Å². The lowest BCUT2D eigenvalue weighted by Gasteiger charge is -2.48. The molecule has 6 rings (SSSR count). The van der Waals surface area contributed by atoms with Gasteiger partial charge in [-0.3, -0.25) is 0 Å². The number of nitrogens with zero attached hydrogens (tertiary/aromatic N) is 10. The number of hydrogen-bond donors (Lipinski definition) is 0. The second-order valence-electron chi connectivity index (χ2n) is 23.4. The summed E-state index contributed by atoms with van der Waals surface area (Å²) < 4.78 is 26.5. The van der Waals surface area contributed by atoms with Gasteiger partial charge in [0.1, 0.15) is 25.6 Å². The standard InChI is InChI=1S/C52H66N10O10/c1-12-35(20-34(2)57-41(63)59(36-14-13-15-38(21-36)72-33-56)45(67)61(42(57)64)39-24-50(9,27-69-30-53)18-16-48(39,5)6)58-43(65)60(37-22-47(3,4)26-52(11,23-37)29-71-32-55)46(68)62(44(58)66)40-25-51(10,28-70-31-54)19-17-49(40,7)8/h12-15,20-21,37,39-40H,16-19,22-29H2,1-11H3/b34-20+,35-12+. The van der Waals surface area contributed by atoms with Gasteiger partial charge in [0.2, 0.25) is 0 Å². The highest BCUT2D eigenvalue weighted by Crippen LogP contribution is 2.53. The van der Waals surface area contributed by atoms with Gasteiger partial charge in [-0.05, 0) is 106 Å². The molecule has 384 valence electrons. The molecule has 0 amide bonds. The zero-order chi connectivity index (χ0) is 53.4. The topological polar surface area (TPSA) is 264 Å². The zero-order valence-corrected chi connectivity index (χ0v) is 43.2. The largest absolute Gasteiger partial charge is 0.427 e. The summed E-state index contributed by atoms with van der Waals surface area (Å²) in [4.78, 5) is 91.1. The first kappa shape index (κ1) is 54.0. The molecule has 0 N–H and O–H groups in total. The summed E-state index contributed by atoms with van der Waals surface area (Å²) in [5, 5.41) is 37.4. The normalized spacial score (nSPS) is 26.7. The molecule has 3 aromatic rings. The van der Waals surface area contributed by atoms with Crippen LogP contribution in [0.15, 0.2) is 65.2 Å². The molecule has 0 aliphatic heterocycles. The number of hydrogen-bond acceptors (Lipinski definition) is 14. The SMILES string of the molecule is C/C=C(\C=C(/C)n1c(=O)n(-c2cccc(OC#N)c2)c(=O)n(C2CC(C)(COC#N)CCC2(C)C)c1=O)n1c(=O)n(C2CC(C)(C)CC(C)(COC#N)C2)c(=O)n(C2CC(C)(COC#N)CCC2(C)C)c1=O. The maximum absolute atomic E-state index is 15.4. The van der Waals surface area contributed by atoms with Crippen molar-refractivity contribution in [3.05, 3.63) is 99.3 Å². The zero-order valence-electron chi connectivity index (χ0n) is 43.2. The van der Waals surface area contributed by atoms with Crippen LogP contribution in [0, 0.1) is 78.6 Å². The van der Waals surface area contributed by atoms with Crippen LogP contribution in [0.4, 0.5) is 0 Å². The fourth-order valence-electron chi connectivity index (χ4n) is 11.9. The molecule has 0 saturated heterocycles. The van der Waals surface area contributed by atoms with E-state index in [0.717, 1.165) is 27.4 Å². The second-order valence-corrected chi connectivity index (χ2v) is 23.4. The Balaban J connectivity index is 1.67. The van der Waals surface area contributed by atoms with Gasteiger partial charge in [0.05, 0.1) is 11.4 Å². The lowest BCUT2D eigenvalue weighted by molar-refractivity contribution is -0.000454. The summed E-state index contributed by atoms with van der Waals surface area (Å²) in [5.41, 5.74) is -9.97. The molecule has 3 aliphatic carbocycles. The quantitative estimate of drug-likeness (QED) is 0.120. The molecule has 3 fully saturated rings. The van der Waals surface area contributed by atoms with Gasteiger partial charge in [0.15, 0.2) is 0 Å². The molecule has 0 bridgehead atoms. The Morgan fingerprint density at radius 3 is 1.62 bits per heavy atom. The molecule has 3 saturated carbocycles. The van der Waals surface area contributed by atoms with Gasteiger partial charge < -0.3 is 18.9 Å². The lowest BCUT2D eigenvalue weighted by Crippen LogP contribution is -2.60. The first-order chi connectivity index (χ1) is 33.6. The third-order valence-electron chi connectivity index (χ3n) is 15.7. The number of aromatic nitrogens is 6. The van der Waals surface area contributed by atoms with Crippen LogP contribution in [0.25, 0.3) is 17.1 Å². The highest BCUT2D eigenvalue weighted by molar-refractivity contribution is 5.66. The first-order valence-corrected chi connectivity index (χ1v) is 24.2. The van der Waals surface area contributed by atoms with Crippen molar-refractivity contribution in [3.63, 3.8) is 0 Å². The van der Waals surface area contributed by atoms with Crippen molar-refractivity contribution in [2.24, 2.45) is 32.5 Å². The third kappa shape index (κ3) is 10.5. The van der Waals surface area contributed by atoms with Gasteiger partial charge in [-0.2, -0.15) is 15.8 Å². The average Bonchev–Trinajstić information content (AvgIpc) is 3.29. The van der Waals surface area contributed by atoms with E-state index in [1.54, 1.807) is 31.9 Å². The molecule has 6 unspecified atom stereocenters. The summed E-state index contributed by atoms with van der Waals surface area (Å²) in [6.45, 7) is 20.5. The fraction of sp³-hybridized carbons (Fsp3) is 0.615. The van der Waals surface area contributed by atoms with Crippen molar-refractivity contribution in [2.75, 3.05) is 19.8 Å². The van der Waals surface area contributed by atoms with E-state index in [9.17, 15) is 30.6 Å². The van der Waals surface area contributed by atoms with Gasteiger partial charge in [-0.15, -0.1) is 5.26 Å². The smallest absolute Gasteiger partial charge is 0.345 e. The maximum atomic E-state index is 15.4. The van der Waals surface area contributed by atoms with Crippen LogP contribution < -0.4 is 38.9 Å². The van der Waals surface area contributed by atoms with Crippen LogP contribution in [0.5, 0.6) is 5.75 Å². The highest BCUT2D eigenvalue weighted by Gasteiger charge is 2.49. The van der Waals surface area contributed by atoms with Crippen molar-refractivity contribution in [3.8, 4) is 36.5 Å². The fourth-order valence-corrected chi connectivity index (χ4v) is 11.9. The van der Waals surface area contributed by atoms with Gasteiger partial charge in [0.25, 0.3) is 25.0 Å². The maximum Gasteiger partial charge on any atom is 0.345 e.